The number of ketones is 1. The molecule has 13 heavy (non-hydrogen) atoms. The molecule has 0 amide bonds. The molecule has 1 aromatic rings. The lowest BCUT2D eigenvalue weighted by atomic mass is 9.84. The Bertz CT molecular complexity index is 375. The van der Waals surface area contributed by atoms with E-state index in [0.29, 0.717) is 12.2 Å². The predicted octanol–water partition coefficient (Wildman–Crippen LogP) is 2.86. The number of rotatable bonds is 0. The maximum atomic E-state index is 11.6. The average molecular weight is 174 g/mol. The van der Waals surface area contributed by atoms with Gasteiger partial charge in [-0.05, 0) is 23.5 Å². The summed E-state index contributed by atoms with van der Waals surface area (Å²) in [6.07, 6.45) is 0.660. The summed E-state index contributed by atoms with van der Waals surface area (Å²) >= 11 is 0. The third-order valence-electron chi connectivity index (χ3n) is 2.85. The molecule has 1 aliphatic rings. The maximum Gasteiger partial charge on any atom is 0.164 e. The molecule has 0 saturated heterocycles. The minimum Gasteiger partial charge on any atom is -0.294 e. The van der Waals surface area contributed by atoms with E-state index in [1.807, 2.05) is 12.1 Å². The second kappa shape index (κ2) is 2.44. The maximum absolute atomic E-state index is 11.6. The third-order valence-corrected chi connectivity index (χ3v) is 2.85. The lowest BCUT2D eigenvalue weighted by Gasteiger charge is -2.19. The van der Waals surface area contributed by atoms with E-state index in [-0.39, 0.29) is 5.41 Å². The van der Waals surface area contributed by atoms with E-state index in [2.05, 4.69) is 26.8 Å². The molecule has 1 aliphatic carbocycles. The van der Waals surface area contributed by atoms with Gasteiger partial charge in [-0.1, -0.05) is 32.0 Å². The zero-order valence-electron chi connectivity index (χ0n) is 8.35. The molecule has 1 heteroatoms. The van der Waals surface area contributed by atoms with E-state index in [1.165, 1.54) is 11.1 Å². The fourth-order valence-corrected chi connectivity index (χ4v) is 2.38. The molecule has 1 aromatic carbocycles. The van der Waals surface area contributed by atoms with Crippen LogP contribution in [0.4, 0.5) is 0 Å². The molecule has 0 heterocycles. The molecule has 0 aliphatic heterocycles. The summed E-state index contributed by atoms with van der Waals surface area (Å²) in [6.45, 7) is 6.37. The van der Waals surface area contributed by atoms with E-state index >= 15 is 0 Å². The van der Waals surface area contributed by atoms with Crippen molar-refractivity contribution in [3.63, 3.8) is 0 Å². The Morgan fingerprint density at radius 1 is 1.31 bits per heavy atom. The number of carbonyl (C=O) groups is 1. The summed E-state index contributed by atoms with van der Waals surface area (Å²) in [5.74, 6) is 0.295. The SMILES string of the molecule is Cc1cccc2c1C(C)(C)CC2=O. The van der Waals surface area contributed by atoms with Gasteiger partial charge in [0.05, 0.1) is 0 Å². The number of hydrogen-bond acceptors (Lipinski definition) is 1. The Morgan fingerprint density at radius 3 is 2.62 bits per heavy atom. The highest BCUT2D eigenvalue weighted by Gasteiger charge is 2.36. The van der Waals surface area contributed by atoms with Gasteiger partial charge in [0.25, 0.3) is 0 Å². The summed E-state index contributed by atoms with van der Waals surface area (Å²) in [7, 11) is 0. The average Bonchev–Trinajstić information content (AvgIpc) is 2.24. The molecule has 1 nitrogen and oxygen atoms in total. The molecular weight excluding hydrogens is 160 g/mol. The van der Waals surface area contributed by atoms with Crippen molar-refractivity contribution in [3.8, 4) is 0 Å². The monoisotopic (exact) mass is 174 g/mol. The Morgan fingerprint density at radius 2 is 2.00 bits per heavy atom. The van der Waals surface area contributed by atoms with Crippen molar-refractivity contribution in [1.82, 2.24) is 0 Å². The Balaban J connectivity index is 2.73. The highest BCUT2D eigenvalue weighted by atomic mass is 16.1. The van der Waals surface area contributed by atoms with Gasteiger partial charge < -0.3 is 0 Å². The Hall–Kier alpha value is -1.11. The van der Waals surface area contributed by atoms with Crippen molar-refractivity contribution < 1.29 is 4.79 Å². The van der Waals surface area contributed by atoms with Crippen LogP contribution < -0.4 is 0 Å². The number of aryl methyl sites for hydroxylation is 1. The van der Waals surface area contributed by atoms with Crippen molar-refractivity contribution in [1.29, 1.82) is 0 Å². The topological polar surface area (TPSA) is 17.1 Å². The van der Waals surface area contributed by atoms with Crippen LogP contribution in [0.25, 0.3) is 0 Å². The molecule has 0 bridgehead atoms. The molecule has 0 atom stereocenters. The summed E-state index contributed by atoms with van der Waals surface area (Å²) in [5, 5.41) is 0. The first-order valence-electron chi connectivity index (χ1n) is 4.66. The first kappa shape index (κ1) is 8.49. The van der Waals surface area contributed by atoms with E-state index in [4.69, 9.17) is 0 Å². The van der Waals surface area contributed by atoms with Crippen LogP contribution in [0, 0.1) is 6.92 Å². The first-order chi connectivity index (χ1) is 6.02. The summed E-state index contributed by atoms with van der Waals surface area (Å²) in [5.41, 5.74) is 3.47. The zero-order valence-corrected chi connectivity index (χ0v) is 8.35. The van der Waals surface area contributed by atoms with Gasteiger partial charge in [0.15, 0.2) is 5.78 Å². The normalized spacial score (nSPS) is 18.8. The number of Topliss-reactive ketones (excluding diaryl/α,β-unsaturated/α-hetero) is 1. The van der Waals surface area contributed by atoms with Crippen LogP contribution in [0.15, 0.2) is 18.2 Å². The van der Waals surface area contributed by atoms with Gasteiger partial charge in [0.1, 0.15) is 0 Å². The van der Waals surface area contributed by atoms with Crippen LogP contribution in [0.5, 0.6) is 0 Å². The molecule has 0 N–H and O–H groups in total. The molecule has 0 fully saturated rings. The summed E-state index contributed by atoms with van der Waals surface area (Å²) in [4.78, 5) is 11.6. The lowest BCUT2D eigenvalue weighted by molar-refractivity contribution is 0.0979. The second-order valence-electron chi connectivity index (χ2n) is 4.48. The molecular formula is C12H14O. The molecule has 0 aromatic heterocycles. The van der Waals surface area contributed by atoms with E-state index < -0.39 is 0 Å². The van der Waals surface area contributed by atoms with Gasteiger partial charge in [-0.15, -0.1) is 0 Å². The van der Waals surface area contributed by atoms with Gasteiger partial charge >= 0.3 is 0 Å². The van der Waals surface area contributed by atoms with Crippen molar-refractivity contribution in [2.45, 2.75) is 32.6 Å². The van der Waals surface area contributed by atoms with Gasteiger partial charge in [0.2, 0.25) is 0 Å². The second-order valence-corrected chi connectivity index (χ2v) is 4.48. The van der Waals surface area contributed by atoms with E-state index in [9.17, 15) is 4.79 Å². The molecule has 0 radical (unpaired) electrons. The summed E-state index contributed by atoms with van der Waals surface area (Å²) < 4.78 is 0. The Kier molecular flexibility index (Phi) is 1.59. The van der Waals surface area contributed by atoms with Crippen LogP contribution >= 0.6 is 0 Å². The molecule has 68 valence electrons. The van der Waals surface area contributed by atoms with Crippen LogP contribution in [-0.2, 0) is 5.41 Å². The first-order valence-corrected chi connectivity index (χ1v) is 4.66. The Labute approximate surface area is 78.8 Å². The van der Waals surface area contributed by atoms with Gasteiger partial charge in [-0.3, -0.25) is 4.79 Å². The van der Waals surface area contributed by atoms with Crippen molar-refractivity contribution in [2.75, 3.05) is 0 Å². The van der Waals surface area contributed by atoms with Crippen LogP contribution in [0.2, 0.25) is 0 Å². The fraction of sp³-hybridized carbons (Fsp3) is 0.417. The highest BCUT2D eigenvalue weighted by Crippen LogP contribution is 2.39. The quantitative estimate of drug-likeness (QED) is 0.591. The van der Waals surface area contributed by atoms with Crippen molar-refractivity contribution >= 4 is 5.78 Å². The highest BCUT2D eigenvalue weighted by molar-refractivity contribution is 6.02. The van der Waals surface area contributed by atoms with Crippen molar-refractivity contribution in [3.05, 3.63) is 34.9 Å². The van der Waals surface area contributed by atoms with Crippen LogP contribution in [0.1, 0.15) is 41.8 Å². The minimum atomic E-state index is 0.0394. The smallest absolute Gasteiger partial charge is 0.164 e. The molecule has 2 rings (SSSR count). The standard InChI is InChI=1S/C12H14O/c1-8-5-4-6-9-10(13)7-12(2,3)11(8)9/h4-6H,7H2,1-3H3. The van der Waals surface area contributed by atoms with Gasteiger partial charge in [0, 0.05) is 12.0 Å². The lowest BCUT2D eigenvalue weighted by Crippen LogP contribution is -2.13. The number of hydrogen-bond donors (Lipinski definition) is 0. The third kappa shape index (κ3) is 1.11. The molecule has 0 unspecified atom stereocenters. The molecule has 0 spiro atoms. The predicted molar refractivity (Wildman–Crippen MR) is 53.2 cm³/mol. The number of fused-ring (bicyclic) bond motifs is 1. The van der Waals surface area contributed by atoms with Crippen LogP contribution in [0.3, 0.4) is 0 Å². The number of carbonyl (C=O) groups excluding carboxylic acids is 1. The summed E-state index contributed by atoms with van der Waals surface area (Å²) in [6, 6.07) is 5.99. The largest absolute Gasteiger partial charge is 0.294 e. The van der Waals surface area contributed by atoms with Gasteiger partial charge in [-0.2, -0.15) is 0 Å². The van der Waals surface area contributed by atoms with E-state index in [0.717, 1.165) is 5.56 Å². The van der Waals surface area contributed by atoms with Crippen LogP contribution in [-0.4, -0.2) is 5.78 Å². The van der Waals surface area contributed by atoms with Gasteiger partial charge in [-0.25, -0.2) is 0 Å². The minimum absolute atomic E-state index is 0.0394. The van der Waals surface area contributed by atoms with E-state index in [1.54, 1.807) is 0 Å². The molecule has 0 saturated carbocycles. The van der Waals surface area contributed by atoms with Crippen molar-refractivity contribution in [2.24, 2.45) is 0 Å². The zero-order chi connectivity index (χ0) is 9.64. The fourth-order valence-electron chi connectivity index (χ4n) is 2.38. The number of benzene rings is 1.